The maximum Gasteiger partial charge on any atom is 0.238 e. The van der Waals surface area contributed by atoms with Crippen LogP contribution in [0.5, 0.6) is 0 Å². The van der Waals surface area contributed by atoms with Gasteiger partial charge in [-0.1, -0.05) is 17.7 Å². The Morgan fingerprint density at radius 3 is 2.44 bits per heavy atom. The SMILES string of the molecule is Cc1ccc(S(N)(=O)=O)c(C23CCC(CC2)C3)c1. The number of benzene rings is 1. The third-order valence-corrected chi connectivity index (χ3v) is 5.72. The van der Waals surface area contributed by atoms with Crippen LogP contribution in [0.2, 0.25) is 0 Å². The lowest BCUT2D eigenvalue weighted by molar-refractivity contribution is 0.412. The molecule has 1 aromatic carbocycles. The van der Waals surface area contributed by atoms with E-state index >= 15 is 0 Å². The fourth-order valence-corrected chi connectivity index (χ4v) is 4.72. The van der Waals surface area contributed by atoms with Crippen LogP contribution in [-0.4, -0.2) is 8.42 Å². The minimum atomic E-state index is -3.62. The molecule has 98 valence electrons. The fourth-order valence-electron chi connectivity index (χ4n) is 3.88. The highest BCUT2D eigenvalue weighted by molar-refractivity contribution is 7.89. The standard InChI is InChI=1S/C14H19NO2S/c1-10-2-3-13(18(15,16)17)12(8-10)14-6-4-11(9-14)5-7-14/h2-3,8,11H,4-7,9H2,1H3,(H2,15,16,17). The molecule has 0 saturated heterocycles. The summed E-state index contributed by atoms with van der Waals surface area (Å²) in [6.07, 6.45) is 5.84. The summed E-state index contributed by atoms with van der Waals surface area (Å²) in [7, 11) is -3.62. The average molecular weight is 265 g/mol. The molecule has 0 heterocycles. The van der Waals surface area contributed by atoms with Crippen LogP contribution < -0.4 is 5.14 Å². The van der Waals surface area contributed by atoms with E-state index in [0.717, 1.165) is 36.3 Å². The molecule has 2 saturated carbocycles. The lowest BCUT2D eigenvalue weighted by Gasteiger charge is -2.29. The van der Waals surface area contributed by atoms with Gasteiger partial charge in [-0.05, 0) is 62.0 Å². The Morgan fingerprint density at radius 1 is 1.28 bits per heavy atom. The van der Waals surface area contributed by atoms with Gasteiger partial charge in [-0.25, -0.2) is 13.6 Å². The zero-order valence-electron chi connectivity index (χ0n) is 10.6. The van der Waals surface area contributed by atoms with Gasteiger partial charge in [0.25, 0.3) is 0 Å². The summed E-state index contributed by atoms with van der Waals surface area (Å²) in [5, 5.41) is 5.37. The molecule has 0 atom stereocenters. The summed E-state index contributed by atoms with van der Waals surface area (Å²) in [5.41, 5.74) is 2.17. The van der Waals surface area contributed by atoms with Crippen molar-refractivity contribution in [3.63, 3.8) is 0 Å². The van der Waals surface area contributed by atoms with Crippen molar-refractivity contribution < 1.29 is 8.42 Å². The van der Waals surface area contributed by atoms with Crippen molar-refractivity contribution in [3.05, 3.63) is 29.3 Å². The van der Waals surface area contributed by atoms with E-state index < -0.39 is 10.0 Å². The van der Waals surface area contributed by atoms with Crippen molar-refractivity contribution in [2.45, 2.75) is 49.3 Å². The number of rotatable bonds is 2. The third kappa shape index (κ3) is 1.79. The van der Waals surface area contributed by atoms with Crippen molar-refractivity contribution >= 4 is 10.0 Å². The maximum absolute atomic E-state index is 11.8. The van der Waals surface area contributed by atoms with Gasteiger partial charge in [-0.2, -0.15) is 0 Å². The van der Waals surface area contributed by atoms with E-state index in [1.807, 2.05) is 19.1 Å². The van der Waals surface area contributed by atoms with E-state index in [9.17, 15) is 8.42 Å². The minimum Gasteiger partial charge on any atom is -0.225 e. The highest BCUT2D eigenvalue weighted by atomic mass is 32.2. The lowest BCUT2D eigenvalue weighted by atomic mass is 9.77. The summed E-state index contributed by atoms with van der Waals surface area (Å²) < 4.78 is 23.5. The second kappa shape index (κ2) is 3.81. The zero-order chi connectivity index (χ0) is 13.0. The monoisotopic (exact) mass is 265 g/mol. The van der Waals surface area contributed by atoms with E-state index in [-0.39, 0.29) is 5.41 Å². The maximum atomic E-state index is 11.8. The first-order valence-electron chi connectivity index (χ1n) is 6.55. The van der Waals surface area contributed by atoms with Crippen LogP contribution in [0.15, 0.2) is 23.1 Å². The first kappa shape index (κ1) is 12.2. The van der Waals surface area contributed by atoms with Gasteiger partial charge in [0.2, 0.25) is 10.0 Å². The molecule has 2 aliphatic rings. The molecule has 0 aromatic heterocycles. The largest absolute Gasteiger partial charge is 0.238 e. The molecule has 2 N–H and O–H groups in total. The molecule has 4 heteroatoms. The Hall–Kier alpha value is -0.870. The predicted octanol–water partition coefficient (Wildman–Crippen LogP) is 2.47. The van der Waals surface area contributed by atoms with Crippen molar-refractivity contribution in [2.24, 2.45) is 11.1 Å². The third-order valence-electron chi connectivity index (χ3n) is 4.75. The topological polar surface area (TPSA) is 60.2 Å². The molecule has 0 aliphatic heterocycles. The molecular weight excluding hydrogens is 246 g/mol. The van der Waals surface area contributed by atoms with Gasteiger partial charge < -0.3 is 0 Å². The fraction of sp³-hybridized carbons (Fsp3) is 0.571. The Morgan fingerprint density at radius 2 is 1.94 bits per heavy atom. The molecule has 0 spiro atoms. The van der Waals surface area contributed by atoms with Gasteiger partial charge in [0, 0.05) is 0 Å². The first-order valence-corrected chi connectivity index (χ1v) is 8.09. The average Bonchev–Trinajstić information content (AvgIpc) is 2.88. The van der Waals surface area contributed by atoms with Gasteiger partial charge in [0.1, 0.15) is 0 Å². The van der Waals surface area contributed by atoms with Crippen LogP contribution in [-0.2, 0) is 15.4 Å². The van der Waals surface area contributed by atoms with E-state index in [4.69, 9.17) is 5.14 Å². The number of fused-ring (bicyclic) bond motifs is 2. The Bertz CT molecular complexity index is 584. The van der Waals surface area contributed by atoms with Gasteiger partial charge in [0.05, 0.1) is 4.90 Å². The van der Waals surface area contributed by atoms with E-state index in [2.05, 4.69) is 0 Å². The first-order chi connectivity index (χ1) is 8.41. The van der Waals surface area contributed by atoms with Gasteiger partial charge in [-0.3, -0.25) is 0 Å². The summed E-state index contributed by atoms with van der Waals surface area (Å²) in [6, 6.07) is 5.55. The number of sulfonamides is 1. The number of primary sulfonamides is 1. The van der Waals surface area contributed by atoms with Crippen LogP contribution in [0.4, 0.5) is 0 Å². The minimum absolute atomic E-state index is 0.0818. The van der Waals surface area contributed by atoms with E-state index in [0.29, 0.717) is 4.90 Å². The Kier molecular flexibility index (Phi) is 2.58. The molecule has 2 aliphatic carbocycles. The lowest BCUT2D eigenvalue weighted by Crippen LogP contribution is -2.25. The molecule has 3 rings (SSSR count). The summed E-state index contributed by atoms with van der Waals surface area (Å²) in [5.74, 6) is 0.791. The Balaban J connectivity index is 2.19. The second-order valence-corrected chi connectivity index (χ2v) is 7.50. The molecule has 0 unspecified atom stereocenters. The highest BCUT2D eigenvalue weighted by Gasteiger charge is 2.47. The zero-order valence-corrected chi connectivity index (χ0v) is 11.5. The predicted molar refractivity (Wildman–Crippen MR) is 70.8 cm³/mol. The van der Waals surface area contributed by atoms with Crippen LogP contribution in [0.3, 0.4) is 0 Å². The normalized spacial score (nSPS) is 30.9. The molecule has 0 amide bonds. The quantitative estimate of drug-likeness (QED) is 0.893. The smallest absolute Gasteiger partial charge is 0.225 e. The number of aryl methyl sites for hydroxylation is 1. The van der Waals surface area contributed by atoms with Gasteiger partial charge in [-0.15, -0.1) is 0 Å². The number of hydrogen-bond donors (Lipinski definition) is 1. The van der Waals surface area contributed by atoms with Gasteiger partial charge >= 0.3 is 0 Å². The highest BCUT2D eigenvalue weighted by Crippen LogP contribution is 2.56. The molecular formula is C14H19NO2S. The molecule has 2 fully saturated rings. The van der Waals surface area contributed by atoms with Crippen molar-refractivity contribution in [1.29, 1.82) is 0 Å². The van der Waals surface area contributed by atoms with Crippen LogP contribution >= 0.6 is 0 Å². The summed E-state index contributed by atoms with van der Waals surface area (Å²) >= 11 is 0. The molecule has 3 nitrogen and oxygen atoms in total. The molecule has 0 radical (unpaired) electrons. The van der Waals surface area contributed by atoms with E-state index in [1.54, 1.807) is 6.07 Å². The van der Waals surface area contributed by atoms with Crippen LogP contribution in [0.25, 0.3) is 0 Å². The van der Waals surface area contributed by atoms with Crippen molar-refractivity contribution in [1.82, 2.24) is 0 Å². The molecule has 1 aromatic rings. The van der Waals surface area contributed by atoms with E-state index in [1.165, 1.54) is 12.8 Å². The van der Waals surface area contributed by atoms with Gasteiger partial charge in [0.15, 0.2) is 0 Å². The second-order valence-electron chi connectivity index (χ2n) is 5.97. The Labute approximate surface area is 108 Å². The van der Waals surface area contributed by atoms with Crippen LogP contribution in [0.1, 0.15) is 43.2 Å². The number of hydrogen-bond acceptors (Lipinski definition) is 2. The summed E-state index contributed by atoms with van der Waals surface area (Å²) in [4.78, 5) is 0.343. The van der Waals surface area contributed by atoms with Crippen molar-refractivity contribution in [3.8, 4) is 0 Å². The summed E-state index contributed by atoms with van der Waals surface area (Å²) in [6.45, 7) is 2.01. The number of nitrogens with two attached hydrogens (primary N) is 1. The van der Waals surface area contributed by atoms with Crippen LogP contribution in [0, 0.1) is 12.8 Å². The van der Waals surface area contributed by atoms with Crippen molar-refractivity contribution in [2.75, 3.05) is 0 Å². The molecule has 18 heavy (non-hydrogen) atoms. The molecule has 2 bridgehead atoms.